The molecule has 114 valence electrons. The van der Waals surface area contributed by atoms with Gasteiger partial charge in [-0.05, 0) is 38.0 Å². The molecule has 1 aromatic rings. The molecule has 0 aliphatic carbocycles. The lowest BCUT2D eigenvalue weighted by molar-refractivity contribution is 0.354. The van der Waals surface area contributed by atoms with Crippen molar-refractivity contribution in [1.82, 2.24) is 0 Å². The molecular formula is C14H21ClO4S. The van der Waals surface area contributed by atoms with Crippen molar-refractivity contribution >= 4 is 21.4 Å². The van der Waals surface area contributed by atoms with E-state index in [-0.39, 0.29) is 0 Å². The van der Waals surface area contributed by atoms with Crippen molar-refractivity contribution in [2.24, 2.45) is 0 Å². The maximum absolute atomic E-state index is 11.8. The first-order valence-electron chi connectivity index (χ1n) is 6.18. The SMILES string of the molecule is COc1ccc(CC(Cl)C(C)(C)S(C)(=O)=O)cc1OC. The molecule has 0 fully saturated rings. The highest BCUT2D eigenvalue weighted by molar-refractivity contribution is 7.92. The lowest BCUT2D eigenvalue weighted by Crippen LogP contribution is -2.41. The van der Waals surface area contributed by atoms with Crippen LogP contribution in [0, 0.1) is 0 Å². The highest BCUT2D eigenvalue weighted by Gasteiger charge is 2.37. The van der Waals surface area contributed by atoms with E-state index in [0.717, 1.165) is 5.56 Å². The molecule has 1 aromatic carbocycles. The number of hydrogen-bond donors (Lipinski definition) is 0. The monoisotopic (exact) mass is 320 g/mol. The van der Waals surface area contributed by atoms with E-state index >= 15 is 0 Å². The Labute approximate surface area is 126 Å². The van der Waals surface area contributed by atoms with Crippen molar-refractivity contribution in [3.63, 3.8) is 0 Å². The van der Waals surface area contributed by atoms with Crippen LogP contribution >= 0.6 is 11.6 Å². The first-order valence-corrected chi connectivity index (χ1v) is 8.51. The van der Waals surface area contributed by atoms with Crippen molar-refractivity contribution in [2.45, 2.75) is 30.4 Å². The van der Waals surface area contributed by atoms with E-state index < -0.39 is 20.0 Å². The fourth-order valence-corrected chi connectivity index (χ4v) is 2.90. The summed E-state index contributed by atoms with van der Waals surface area (Å²) in [6.07, 6.45) is 1.64. The minimum atomic E-state index is -3.24. The molecule has 1 unspecified atom stereocenters. The average Bonchev–Trinajstić information content (AvgIpc) is 2.37. The zero-order chi connectivity index (χ0) is 15.6. The molecule has 4 nitrogen and oxygen atoms in total. The second kappa shape index (κ2) is 6.22. The predicted molar refractivity (Wildman–Crippen MR) is 81.8 cm³/mol. The predicted octanol–water partition coefficient (Wildman–Crippen LogP) is 2.68. The van der Waals surface area contributed by atoms with Gasteiger partial charge in [0.15, 0.2) is 21.3 Å². The number of alkyl halides is 1. The van der Waals surface area contributed by atoms with Crippen LogP contribution in [-0.4, -0.2) is 39.0 Å². The molecule has 0 aliphatic rings. The van der Waals surface area contributed by atoms with Crippen LogP contribution in [0.5, 0.6) is 11.5 Å². The van der Waals surface area contributed by atoms with Gasteiger partial charge in [0.1, 0.15) is 0 Å². The fourth-order valence-electron chi connectivity index (χ4n) is 1.69. The number of methoxy groups -OCH3 is 2. The Bertz CT molecular complexity index is 567. The highest BCUT2D eigenvalue weighted by atomic mass is 35.5. The summed E-state index contributed by atoms with van der Waals surface area (Å²) < 4.78 is 32.9. The van der Waals surface area contributed by atoms with Gasteiger partial charge in [-0.25, -0.2) is 8.42 Å². The smallest absolute Gasteiger partial charge is 0.160 e. The molecule has 0 aliphatic heterocycles. The van der Waals surface area contributed by atoms with Crippen LogP contribution in [0.4, 0.5) is 0 Å². The van der Waals surface area contributed by atoms with E-state index in [0.29, 0.717) is 17.9 Å². The Morgan fingerprint density at radius 3 is 2.20 bits per heavy atom. The summed E-state index contributed by atoms with van der Waals surface area (Å²) in [5.41, 5.74) is 0.902. The molecule has 0 aromatic heterocycles. The molecule has 20 heavy (non-hydrogen) atoms. The summed E-state index contributed by atoms with van der Waals surface area (Å²) in [6.45, 7) is 3.28. The quantitative estimate of drug-likeness (QED) is 0.756. The molecule has 0 heterocycles. The first kappa shape index (κ1) is 17.1. The van der Waals surface area contributed by atoms with Crippen molar-refractivity contribution in [3.05, 3.63) is 23.8 Å². The van der Waals surface area contributed by atoms with E-state index in [4.69, 9.17) is 21.1 Å². The normalized spacial score (nSPS) is 13.9. The molecule has 1 rings (SSSR count). The molecular weight excluding hydrogens is 300 g/mol. The van der Waals surface area contributed by atoms with Crippen LogP contribution in [0.15, 0.2) is 18.2 Å². The first-order chi connectivity index (χ1) is 9.13. The van der Waals surface area contributed by atoms with Crippen molar-refractivity contribution in [3.8, 4) is 11.5 Å². The molecule has 0 spiro atoms. The van der Waals surface area contributed by atoms with Gasteiger partial charge in [0, 0.05) is 6.26 Å². The largest absolute Gasteiger partial charge is 0.493 e. The van der Waals surface area contributed by atoms with E-state index in [2.05, 4.69) is 0 Å². The summed E-state index contributed by atoms with van der Waals surface area (Å²) in [6, 6.07) is 5.45. The Balaban J connectivity index is 3.00. The fraction of sp³-hybridized carbons (Fsp3) is 0.571. The minimum Gasteiger partial charge on any atom is -0.493 e. The zero-order valence-corrected chi connectivity index (χ0v) is 14.0. The second-order valence-corrected chi connectivity index (χ2v) is 8.36. The van der Waals surface area contributed by atoms with E-state index in [9.17, 15) is 8.42 Å². The summed E-state index contributed by atoms with van der Waals surface area (Å²) in [4.78, 5) is 0. The van der Waals surface area contributed by atoms with Gasteiger partial charge < -0.3 is 9.47 Å². The summed E-state index contributed by atoms with van der Waals surface area (Å²) >= 11 is 6.31. The van der Waals surface area contributed by atoms with Crippen molar-refractivity contribution < 1.29 is 17.9 Å². The Morgan fingerprint density at radius 1 is 1.20 bits per heavy atom. The number of rotatable bonds is 6. The van der Waals surface area contributed by atoms with Crippen molar-refractivity contribution in [2.75, 3.05) is 20.5 Å². The van der Waals surface area contributed by atoms with Gasteiger partial charge in [-0.1, -0.05) is 6.07 Å². The molecule has 0 N–H and O–H groups in total. The molecule has 0 bridgehead atoms. The van der Waals surface area contributed by atoms with Crippen LogP contribution in [0.2, 0.25) is 0 Å². The lowest BCUT2D eigenvalue weighted by atomic mass is 10.0. The van der Waals surface area contributed by atoms with Crippen molar-refractivity contribution in [1.29, 1.82) is 0 Å². The summed E-state index contributed by atoms with van der Waals surface area (Å²) in [5.74, 6) is 1.23. The Hall–Kier alpha value is -0.940. The third-order valence-electron chi connectivity index (χ3n) is 3.57. The van der Waals surface area contributed by atoms with Gasteiger partial charge in [-0.3, -0.25) is 0 Å². The average molecular weight is 321 g/mol. The van der Waals surface area contributed by atoms with Gasteiger partial charge in [0.2, 0.25) is 0 Å². The van der Waals surface area contributed by atoms with Gasteiger partial charge >= 0.3 is 0 Å². The molecule has 0 radical (unpaired) electrons. The van der Waals surface area contributed by atoms with E-state index in [1.807, 2.05) is 12.1 Å². The maximum Gasteiger partial charge on any atom is 0.160 e. The second-order valence-electron chi connectivity index (χ2n) is 5.24. The number of benzene rings is 1. The van der Waals surface area contributed by atoms with Gasteiger partial charge in [-0.15, -0.1) is 11.6 Å². The van der Waals surface area contributed by atoms with Crippen LogP contribution in [0.1, 0.15) is 19.4 Å². The van der Waals surface area contributed by atoms with Crippen LogP contribution in [-0.2, 0) is 16.3 Å². The third-order valence-corrected chi connectivity index (χ3v) is 6.60. The summed E-state index contributed by atoms with van der Waals surface area (Å²) in [7, 11) is -0.118. The van der Waals surface area contributed by atoms with Gasteiger partial charge in [0.25, 0.3) is 0 Å². The number of sulfone groups is 1. The lowest BCUT2D eigenvalue weighted by Gasteiger charge is -2.28. The molecule has 0 saturated heterocycles. The molecule has 1 atom stereocenters. The number of hydrogen-bond acceptors (Lipinski definition) is 4. The number of ether oxygens (including phenoxy) is 2. The third kappa shape index (κ3) is 3.58. The molecule has 0 saturated carbocycles. The number of halogens is 1. The van der Waals surface area contributed by atoms with E-state index in [1.165, 1.54) is 6.26 Å². The highest BCUT2D eigenvalue weighted by Crippen LogP contribution is 2.31. The van der Waals surface area contributed by atoms with Crippen LogP contribution < -0.4 is 9.47 Å². The zero-order valence-electron chi connectivity index (χ0n) is 12.4. The molecule has 6 heteroatoms. The van der Waals surface area contributed by atoms with Gasteiger partial charge in [-0.2, -0.15) is 0 Å². The summed E-state index contributed by atoms with van der Waals surface area (Å²) in [5, 5.41) is -0.532. The molecule has 0 amide bonds. The Morgan fingerprint density at radius 2 is 1.75 bits per heavy atom. The Kier molecular flexibility index (Phi) is 5.33. The van der Waals surface area contributed by atoms with Crippen LogP contribution in [0.25, 0.3) is 0 Å². The topological polar surface area (TPSA) is 52.6 Å². The van der Waals surface area contributed by atoms with E-state index in [1.54, 1.807) is 34.1 Å². The maximum atomic E-state index is 11.8. The van der Waals surface area contributed by atoms with Gasteiger partial charge in [0.05, 0.1) is 24.3 Å². The minimum absolute atomic E-state index is 0.433. The van der Waals surface area contributed by atoms with Crippen LogP contribution in [0.3, 0.4) is 0 Å². The standard InChI is InChI=1S/C14H21ClO4S/c1-14(2,20(5,16)17)13(15)9-10-6-7-11(18-3)12(8-10)19-4/h6-8,13H,9H2,1-5H3.